The van der Waals surface area contributed by atoms with Crippen LogP contribution in [0.1, 0.15) is 35.5 Å². The van der Waals surface area contributed by atoms with Gasteiger partial charge in [-0.05, 0) is 29.2 Å². The zero-order valence-corrected chi connectivity index (χ0v) is 22.9. The highest BCUT2D eigenvalue weighted by Crippen LogP contribution is 2.32. The predicted octanol–water partition coefficient (Wildman–Crippen LogP) is 5.10. The summed E-state index contributed by atoms with van der Waals surface area (Å²) >= 11 is 1.29. The van der Waals surface area contributed by atoms with E-state index in [2.05, 4.69) is 21.2 Å². The second kappa shape index (κ2) is 13.9. The Morgan fingerprint density at radius 1 is 0.825 bits per heavy atom. The highest BCUT2D eigenvalue weighted by atomic mass is 32.1. The van der Waals surface area contributed by atoms with Gasteiger partial charge in [-0.2, -0.15) is 0 Å². The molecule has 4 aromatic rings. The molecule has 0 unspecified atom stereocenters. The summed E-state index contributed by atoms with van der Waals surface area (Å²) in [5.74, 6) is -0.798. The lowest BCUT2D eigenvalue weighted by molar-refractivity contribution is -0.124. The number of para-hydroxylation sites is 1. The molecule has 0 spiro atoms. The number of amides is 3. The Kier molecular flexibility index (Phi) is 9.84. The molecule has 40 heavy (non-hydrogen) atoms. The third kappa shape index (κ3) is 7.90. The van der Waals surface area contributed by atoms with Gasteiger partial charge in [0.05, 0.1) is 5.56 Å². The summed E-state index contributed by atoms with van der Waals surface area (Å²) in [6.07, 6.45) is -0.735. The molecule has 0 aliphatic heterocycles. The van der Waals surface area contributed by atoms with E-state index in [-0.39, 0.29) is 18.2 Å². The zero-order chi connectivity index (χ0) is 28.3. The second-order valence-corrected chi connectivity index (χ2v) is 10.0. The average Bonchev–Trinajstić information content (AvgIpc) is 3.48. The molecule has 3 aromatic carbocycles. The van der Waals surface area contributed by atoms with Gasteiger partial charge in [0.1, 0.15) is 35.7 Å². The zero-order valence-electron chi connectivity index (χ0n) is 22.1. The van der Waals surface area contributed by atoms with Crippen LogP contribution in [0.15, 0.2) is 90.3 Å². The van der Waals surface area contributed by atoms with Crippen molar-refractivity contribution in [1.29, 1.82) is 0 Å². The van der Waals surface area contributed by atoms with Gasteiger partial charge in [0.2, 0.25) is 0 Å². The van der Waals surface area contributed by atoms with Crippen LogP contribution in [0.25, 0.3) is 10.6 Å². The van der Waals surface area contributed by atoms with Crippen molar-refractivity contribution >= 4 is 29.2 Å². The molecule has 0 bridgehead atoms. The molecular weight excluding hydrogens is 528 g/mol. The molecule has 0 radical (unpaired) electrons. The van der Waals surface area contributed by atoms with E-state index in [0.29, 0.717) is 17.4 Å². The highest BCUT2D eigenvalue weighted by molar-refractivity contribution is 7.13. The van der Waals surface area contributed by atoms with Crippen LogP contribution in [-0.4, -0.2) is 28.9 Å². The number of hydrogen-bond donors (Lipinski definition) is 3. The third-order valence-corrected chi connectivity index (χ3v) is 6.70. The molecule has 0 aliphatic rings. The first-order chi connectivity index (χ1) is 19.4. The molecule has 1 heterocycles. The Bertz CT molecular complexity index is 1430. The van der Waals surface area contributed by atoms with Crippen molar-refractivity contribution in [3.05, 3.63) is 107 Å². The van der Waals surface area contributed by atoms with Crippen LogP contribution < -0.4 is 20.9 Å². The second-order valence-electron chi connectivity index (χ2n) is 9.18. The summed E-state index contributed by atoms with van der Waals surface area (Å²) in [6.45, 7) is 4.01. The molecule has 1 aromatic heterocycles. The number of alkyl carbamates (subject to hydrolysis) is 1. The van der Waals surface area contributed by atoms with Crippen molar-refractivity contribution in [2.45, 2.75) is 33.1 Å². The molecule has 206 valence electrons. The summed E-state index contributed by atoms with van der Waals surface area (Å²) in [5.41, 5.74) is 7.49. The molecule has 0 aliphatic carbocycles. The van der Waals surface area contributed by atoms with Gasteiger partial charge >= 0.3 is 6.09 Å². The van der Waals surface area contributed by atoms with Gasteiger partial charge in [-0.15, -0.1) is 11.3 Å². The number of thiazole rings is 1. The lowest BCUT2D eigenvalue weighted by Gasteiger charge is -2.21. The Morgan fingerprint density at radius 3 is 2.12 bits per heavy atom. The van der Waals surface area contributed by atoms with Crippen molar-refractivity contribution in [3.63, 3.8) is 0 Å². The van der Waals surface area contributed by atoms with Crippen LogP contribution >= 0.6 is 11.3 Å². The lowest BCUT2D eigenvalue weighted by atomic mass is 10.0. The molecule has 4 rings (SSSR count). The van der Waals surface area contributed by atoms with E-state index in [0.717, 1.165) is 16.7 Å². The maximum Gasteiger partial charge on any atom is 0.408 e. The maximum absolute atomic E-state index is 12.8. The molecule has 3 amide bonds. The van der Waals surface area contributed by atoms with Crippen molar-refractivity contribution in [3.8, 4) is 16.3 Å². The smallest absolute Gasteiger partial charge is 0.408 e. The van der Waals surface area contributed by atoms with Crippen LogP contribution in [-0.2, 0) is 22.7 Å². The predicted molar refractivity (Wildman–Crippen MR) is 152 cm³/mol. The monoisotopic (exact) mass is 558 g/mol. The molecule has 9 nitrogen and oxygen atoms in total. The standard InChI is InChI=1S/C30H30N4O5S/c1-20(2)26(32-30(37)39-18-22-13-7-4-8-14-22)28(36)34-33-27(35)24-19-40-29(31-24)23-15-9-10-16-25(23)38-17-21-11-5-3-6-12-21/h3-16,19-20,26H,17-18H2,1-2H3,(H,32,37)(H,33,35)(H,34,36)/t26-/m0/s1. The van der Waals surface area contributed by atoms with Gasteiger partial charge in [0.15, 0.2) is 0 Å². The minimum atomic E-state index is -0.928. The normalized spacial score (nSPS) is 11.4. The van der Waals surface area contributed by atoms with E-state index in [1.807, 2.05) is 84.9 Å². The number of nitrogens with one attached hydrogen (secondary N) is 3. The summed E-state index contributed by atoms with van der Waals surface area (Å²) in [6, 6.07) is 25.6. The Balaban J connectivity index is 1.32. The molecule has 3 N–H and O–H groups in total. The van der Waals surface area contributed by atoms with E-state index < -0.39 is 23.9 Å². The molecule has 0 fully saturated rings. The van der Waals surface area contributed by atoms with Crippen molar-refractivity contribution < 1.29 is 23.9 Å². The van der Waals surface area contributed by atoms with Gasteiger partial charge < -0.3 is 14.8 Å². The highest BCUT2D eigenvalue weighted by Gasteiger charge is 2.26. The topological polar surface area (TPSA) is 119 Å². The van der Waals surface area contributed by atoms with Crippen LogP contribution in [0.4, 0.5) is 4.79 Å². The number of rotatable bonds is 10. The fraction of sp³-hybridized carbons (Fsp3) is 0.200. The fourth-order valence-corrected chi connectivity index (χ4v) is 4.52. The van der Waals surface area contributed by atoms with E-state index in [9.17, 15) is 14.4 Å². The molecule has 10 heteroatoms. The SMILES string of the molecule is CC(C)[C@H](NC(=O)OCc1ccccc1)C(=O)NNC(=O)c1csc(-c2ccccc2OCc2ccccc2)n1. The number of nitrogens with zero attached hydrogens (tertiary/aromatic N) is 1. The number of benzene rings is 3. The minimum absolute atomic E-state index is 0.0719. The van der Waals surface area contributed by atoms with Gasteiger partial charge in [-0.25, -0.2) is 9.78 Å². The van der Waals surface area contributed by atoms with Crippen LogP contribution in [0.3, 0.4) is 0 Å². The molecule has 0 saturated carbocycles. The summed E-state index contributed by atoms with van der Waals surface area (Å²) in [4.78, 5) is 42.2. The minimum Gasteiger partial charge on any atom is -0.488 e. The van der Waals surface area contributed by atoms with Crippen molar-refractivity contribution in [1.82, 2.24) is 21.2 Å². The number of hydrazine groups is 1. The Labute approximate surface area is 236 Å². The summed E-state index contributed by atoms with van der Waals surface area (Å²) < 4.78 is 11.2. The largest absolute Gasteiger partial charge is 0.488 e. The lowest BCUT2D eigenvalue weighted by Crippen LogP contribution is -2.54. The van der Waals surface area contributed by atoms with E-state index in [1.54, 1.807) is 19.2 Å². The van der Waals surface area contributed by atoms with E-state index in [4.69, 9.17) is 9.47 Å². The number of hydrogen-bond acceptors (Lipinski definition) is 7. The third-order valence-electron chi connectivity index (χ3n) is 5.83. The van der Waals surface area contributed by atoms with Crippen LogP contribution in [0.2, 0.25) is 0 Å². The number of carbonyl (C=O) groups is 3. The summed E-state index contributed by atoms with van der Waals surface area (Å²) in [5, 5.41) is 4.75. The van der Waals surface area contributed by atoms with Gasteiger partial charge in [0, 0.05) is 5.38 Å². The molecule has 1 atom stereocenters. The van der Waals surface area contributed by atoms with Gasteiger partial charge in [-0.1, -0.05) is 86.6 Å². The quantitative estimate of drug-likeness (QED) is 0.233. The number of aromatic nitrogens is 1. The maximum atomic E-state index is 12.8. The van der Waals surface area contributed by atoms with E-state index >= 15 is 0 Å². The molecule has 0 saturated heterocycles. The van der Waals surface area contributed by atoms with Crippen LogP contribution in [0, 0.1) is 5.92 Å². The first kappa shape index (κ1) is 28.3. The van der Waals surface area contributed by atoms with Gasteiger partial charge in [0.25, 0.3) is 11.8 Å². The van der Waals surface area contributed by atoms with Crippen LogP contribution in [0.5, 0.6) is 5.75 Å². The van der Waals surface area contributed by atoms with Crippen molar-refractivity contribution in [2.75, 3.05) is 0 Å². The fourth-order valence-electron chi connectivity index (χ4n) is 3.69. The van der Waals surface area contributed by atoms with Crippen molar-refractivity contribution in [2.24, 2.45) is 5.92 Å². The number of ether oxygens (including phenoxy) is 2. The first-order valence-corrected chi connectivity index (χ1v) is 13.6. The number of carbonyl (C=O) groups excluding carboxylic acids is 3. The average molecular weight is 559 g/mol. The Hall–Kier alpha value is -4.70. The summed E-state index contributed by atoms with van der Waals surface area (Å²) in [7, 11) is 0. The van der Waals surface area contributed by atoms with E-state index in [1.165, 1.54) is 11.3 Å². The Morgan fingerprint density at radius 2 is 1.45 bits per heavy atom. The van der Waals surface area contributed by atoms with Gasteiger partial charge in [-0.3, -0.25) is 20.4 Å². The molecular formula is C30H30N4O5S. The first-order valence-electron chi connectivity index (χ1n) is 12.7.